The zero-order valence-corrected chi connectivity index (χ0v) is 21.0. The molecule has 12 heteroatoms. The lowest BCUT2D eigenvalue weighted by Crippen LogP contribution is -2.37. The standard InChI is InChI=1S/C24H24FN7O3.H2S/c1-31-12-14(10-27-31)18-11-26-17-5-6-21(30-24(17)29-18)32(13-15-4-7-22(33)28-15)19-8-16(34-2)9-20(35-3)23(19)25;/h5-6,8-12,15H,4,7,13H2,1-3H3,(H,28,33);1H2. The van der Waals surface area contributed by atoms with Crippen molar-refractivity contribution in [1.29, 1.82) is 0 Å². The van der Waals surface area contributed by atoms with Crippen LogP contribution < -0.4 is 19.7 Å². The molecule has 1 amide bonds. The van der Waals surface area contributed by atoms with Crippen LogP contribution in [0.1, 0.15) is 12.8 Å². The number of amides is 1. The van der Waals surface area contributed by atoms with E-state index in [2.05, 4.69) is 20.4 Å². The van der Waals surface area contributed by atoms with Crippen LogP contribution in [0, 0.1) is 5.82 Å². The Labute approximate surface area is 213 Å². The summed E-state index contributed by atoms with van der Waals surface area (Å²) in [5.74, 6) is 0.328. The highest BCUT2D eigenvalue weighted by Crippen LogP contribution is 2.37. The number of hydrogen-bond acceptors (Lipinski definition) is 8. The molecule has 1 aliphatic heterocycles. The van der Waals surface area contributed by atoms with Crippen molar-refractivity contribution >= 4 is 42.1 Å². The summed E-state index contributed by atoms with van der Waals surface area (Å²) in [5, 5.41) is 7.12. The van der Waals surface area contributed by atoms with Gasteiger partial charge in [-0.2, -0.15) is 18.6 Å². The number of pyridine rings is 1. The predicted octanol–water partition coefficient (Wildman–Crippen LogP) is 3.11. The third-order valence-electron chi connectivity index (χ3n) is 5.90. The monoisotopic (exact) mass is 511 g/mol. The van der Waals surface area contributed by atoms with Crippen LogP contribution in [0.15, 0.2) is 42.9 Å². The highest BCUT2D eigenvalue weighted by Gasteiger charge is 2.27. The second kappa shape index (κ2) is 10.4. The summed E-state index contributed by atoms with van der Waals surface area (Å²) in [7, 11) is 4.72. The Balaban J connectivity index is 0.00000304. The van der Waals surface area contributed by atoms with E-state index in [0.717, 1.165) is 5.56 Å². The van der Waals surface area contributed by atoms with Gasteiger partial charge in [0.25, 0.3) is 0 Å². The van der Waals surface area contributed by atoms with E-state index in [1.807, 2.05) is 13.2 Å². The number of anilines is 2. The Hall–Kier alpha value is -3.93. The number of methoxy groups -OCH3 is 2. The molecular formula is C24H26FN7O3S. The highest BCUT2D eigenvalue weighted by atomic mass is 32.1. The largest absolute Gasteiger partial charge is 0.497 e. The maximum atomic E-state index is 15.5. The van der Waals surface area contributed by atoms with Gasteiger partial charge < -0.3 is 19.7 Å². The van der Waals surface area contributed by atoms with Crippen LogP contribution in [0.2, 0.25) is 0 Å². The molecule has 1 aromatic carbocycles. The third-order valence-corrected chi connectivity index (χ3v) is 5.90. The average molecular weight is 512 g/mol. The van der Waals surface area contributed by atoms with Crippen LogP contribution >= 0.6 is 13.5 Å². The van der Waals surface area contributed by atoms with Crippen LogP contribution in [0.5, 0.6) is 11.5 Å². The summed E-state index contributed by atoms with van der Waals surface area (Å²) in [4.78, 5) is 27.4. The van der Waals surface area contributed by atoms with Crippen LogP contribution in [0.3, 0.4) is 0 Å². The number of halogens is 1. The molecule has 1 N–H and O–H groups in total. The van der Waals surface area contributed by atoms with E-state index in [9.17, 15) is 4.79 Å². The van der Waals surface area contributed by atoms with Gasteiger partial charge in [-0.25, -0.2) is 14.4 Å². The molecule has 188 valence electrons. The summed E-state index contributed by atoms with van der Waals surface area (Å²) >= 11 is 0. The number of ether oxygens (including phenoxy) is 2. The van der Waals surface area contributed by atoms with Crippen molar-refractivity contribution in [3.8, 4) is 22.8 Å². The number of carbonyl (C=O) groups excluding carboxylic acids is 1. The van der Waals surface area contributed by atoms with E-state index in [1.54, 1.807) is 40.2 Å². The minimum atomic E-state index is -0.560. The SMILES string of the molecule is COc1cc(OC)c(F)c(N(CC2CCC(=O)N2)c2ccc3ncc(-c4cnn(C)c4)nc3n2)c1.S. The lowest BCUT2D eigenvalue weighted by molar-refractivity contribution is -0.119. The lowest BCUT2D eigenvalue weighted by Gasteiger charge is -2.28. The van der Waals surface area contributed by atoms with Crippen molar-refractivity contribution < 1.29 is 18.7 Å². The van der Waals surface area contributed by atoms with Gasteiger partial charge in [-0.1, -0.05) is 0 Å². The minimum absolute atomic E-state index is 0. The second-order valence-electron chi connectivity index (χ2n) is 8.25. The number of aromatic nitrogens is 5. The van der Waals surface area contributed by atoms with Gasteiger partial charge in [0.05, 0.1) is 38.0 Å². The van der Waals surface area contributed by atoms with E-state index in [1.165, 1.54) is 20.3 Å². The molecule has 0 spiro atoms. The Morgan fingerprint density at radius 1 is 1.19 bits per heavy atom. The molecule has 3 aromatic heterocycles. The number of carbonyl (C=O) groups is 1. The van der Waals surface area contributed by atoms with Gasteiger partial charge in [0, 0.05) is 49.9 Å². The first-order chi connectivity index (χ1) is 16.9. The van der Waals surface area contributed by atoms with Gasteiger partial charge in [0.1, 0.15) is 17.1 Å². The fraction of sp³-hybridized carbons (Fsp3) is 0.292. The van der Waals surface area contributed by atoms with Crippen molar-refractivity contribution in [3.63, 3.8) is 0 Å². The first kappa shape index (κ1) is 25.2. The smallest absolute Gasteiger partial charge is 0.220 e. The number of hydrogen-bond donors (Lipinski definition) is 1. The Kier molecular flexibility index (Phi) is 7.25. The second-order valence-corrected chi connectivity index (χ2v) is 8.25. The molecule has 0 radical (unpaired) electrons. The predicted molar refractivity (Wildman–Crippen MR) is 138 cm³/mol. The van der Waals surface area contributed by atoms with Crippen LogP contribution in [-0.4, -0.2) is 57.4 Å². The molecule has 1 saturated heterocycles. The summed E-state index contributed by atoms with van der Waals surface area (Å²) < 4.78 is 27.8. The zero-order chi connectivity index (χ0) is 24.5. The molecule has 1 aliphatic rings. The molecular weight excluding hydrogens is 485 g/mol. The molecule has 1 unspecified atom stereocenters. The maximum absolute atomic E-state index is 15.5. The number of aryl methyl sites for hydroxylation is 1. The molecule has 4 aromatic rings. The van der Waals surface area contributed by atoms with Crippen molar-refractivity contribution in [1.82, 2.24) is 30.0 Å². The van der Waals surface area contributed by atoms with Crippen molar-refractivity contribution in [2.24, 2.45) is 7.05 Å². The molecule has 36 heavy (non-hydrogen) atoms. The Morgan fingerprint density at radius 2 is 2.03 bits per heavy atom. The summed E-state index contributed by atoms with van der Waals surface area (Å²) in [6, 6.07) is 6.42. The third kappa shape index (κ3) is 4.89. The number of fused-ring (bicyclic) bond motifs is 1. The highest BCUT2D eigenvalue weighted by molar-refractivity contribution is 7.59. The molecule has 4 heterocycles. The molecule has 0 saturated carbocycles. The first-order valence-electron chi connectivity index (χ1n) is 11.1. The Morgan fingerprint density at radius 3 is 2.69 bits per heavy atom. The average Bonchev–Trinajstić information content (AvgIpc) is 3.50. The normalized spacial score (nSPS) is 14.9. The van der Waals surface area contributed by atoms with Crippen LogP contribution in [-0.2, 0) is 11.8 Å². The number of benzene rings is 1. The van der Waals surface area contributed by atoms with E-state index in [0.29, 0.717) is 47.8 Å². The van der Waals surface area contributed by atoms with Crippen LogP contribution in [0.25, 0.3) is 22.4 Å². The zero-order valence-electron chi connectivity index (χ0n) is 20.0. The van der Waals surface area contributed by atoms with Gasteiger partial charge >= 0.3 is 0 Å². The van der Waals surface area contributed by atoms with Gasteiger partial charge in [-0.05, 0) is 18.6 Å². The molecule has 1 atom stereocenters. The lowest BCUT2D eigenvalue weighted by atomic mass is 10.1. The minimum Gasteiger partial charge on any atom is -0.497 e. The van der Waals surface area contributed by atoms with E-state index in [4.69, 9.17) is 14.5 Å². The van der Waals surface area contributed by atoms with Gasteiger partial charge in [0.15, 0.2) is 17.2 Å². The number of nitrogens with one attached hydrogen (secondary N) is 1. The first-order valence-corrected chi connectivity index (χ1v) is 11.1. The van der Waals surface area contributed by atoms with Crippen molar-refractivity contribution in [3.05, 3.63) is 48.7 Å². The summed E-state index contributed by atoms with van der Waals surface area (Å²) in [5.41, 5.74) is 2.65. The fourth-order valence-corrected chi connectivity index (χ4v) is 4.10. The van der Waals surface area contributed by atoms with Crippen molar-refractivity contribution in [2.45, 2.75) is 18.9 Å². The Bertz CT molecular complexity index is 1410. The molecule has 10 nitrogen and oxygen atoms in total. The molecule has 0 aliphatic carbocycles. The number of nitrogens with zero attached hydrogens (tertiary/aromatic N) is 6. The maximum Gasteiger partial charge on any atom is 0.220 e. The summed E-state index contributed by atoms with van der Waals surface area (Å²) in [6.07, 6.45) is 6.27. The fourth-order valence-electron chi connectivity index (χ4n) is 4.10. The van der Waals surface area contributed by atoms with E-state index >= 15 is 4.39 Å². The molecule has 0 bridgehead atoms. The van der Waals surface area contributed by atoms with E-state index < -0.39 is 5.82 Å². The van der Waals surface area contributed by atoms with Gasteiger partial charge in [-0.3, -0.25) is 14.5 Å². The topological polar surface area (TPSA) is 107 Å². The van der Waals surface area contributed by atoms with Crippen LogP contribution in [0.4, 0.5) is 15.9 Å². The quantitative estimate of drug-likeness (QED) is 0.403. The summed E-state index contributed by atoms with van der Waals surface area (Å²) in [6.45, 7) is 0.299. The number of rotatable bonds is 7. The van der Waals surface area contributed by atoms with Gasteiger partial charge in [0.2, 0.25) is 5.91 Å². The molecule has 1 fully saturated rings. The molecule has 5 rings (SSSR count). The van der Waals surface area contributed by atoms with Gasteiger partial charge in [-0.15, -0.1) is 0 Å². The van der Waals surface area contributed by atoms with Crippen molar-refractivity contribution in [2.75, 3.05) is 25.7 Å². The van der Waals surface area contributed by atoms with E-state index in [-0.39, 0.29) is 36.9 Å².